The smallest absolute Gasteiger partial charge is 0.236 e. The molecule has 1 atom stereocenters. The van der Waals surface area contributed by atoms with Crippen molar-refractivity contribution in [3.05, 3.63) is 0 Å². The molecule has 0 saturated heterocycles. The molecule has 5 nitrogen and oxygen atoms in total. The van der Waals surface area contributed by atoms with E-state index in [1.54, 1.807) is 6.92 Å². The molecular weight excluding hydrogens is 178 g/mol. The van der Waals surface area contributed by atoms with Crippen molar-refractivity contribution in [1.82, 2.24) is 5.32 Å². The lowest BCUT2D eigenvalue weighted by molar-refractivity contribution is -0.125. The van der Waals surface area contributed by atoms with E-state index in [4.69, 9.17) is 11.5 Å². The van der Waals surface area contributed by atoms with Crippen molar-refractivity contribution in [3.8, 4) is 0 Å². The zero-order valence-corrected chi connectivity index (χ0v) is 7.48. The van der Waals surface area contributed by atoms with Crippen LogP contribution in [0.4, 0.5) is 0 Å². The van der Waals surface area contributed by atoms with E-state index in [9.17, 15) is 9.59 Å². The maximum absolute atomic E-state index is 11.0. The first-order chi connectivity index (χ1) is 5.45. The highest BCUT2D eigenvalue weighted by molar-refractivity contribution is 7.80. The SMILES string of the molecule is CC(C(=O)NCC(N)=O)C(N)=S. The number of rotatable bonds is 4. The highest BCUT2D eigenvalue weighted by atomic mass is 32.1. The van der Waals surface area contributed by atoms with Gasteiger partial charge in [0.15, 0.2) is 0 Å². The number of carbonyl (C=O) groups is 2. The molecule has 0 aliphatic carbocycles. The largest absolute Gasteiger partial charge is 0.393 e. The molecule has 0 aromatic rings. The molecule has 0 fully saturated rings. The van der Waals surface area contributed by atoms with E-state index in [0.29, 0.717) is 0 Å². The average Bonchev–Trinajstić information content (AvgIpc) is 1.98. The molecule has 0 heterocycles. The fourth-order valence-electron chi connectivity index (χ4n) is 0.457. The number of primary amides is 1. The van der Waals surface area contributed by atoms with Crippen molar-refractivity contribution in [2.24, 2.45) is 17.4 Å². The molecule has 68 valence electrons. The number of nitrogens with two attached hydrogens (primary N) is 2. The maximum Gasteiger partial charge on any atom is 0.236 e. The number of hydrogen-bond acceptors (Lipinski definition) is 3. The second-order valence-electron chi connectivity index (χ2n) is 2.31. The van der Waals surface area contributed by atoms with Gasteiger partial charge in [-0.25, -0.2) is 0 Å². The fraction of sp³-hybridized carbons (Fsp3) is 0.500. The number of nitrogens with one attached hydrogen (secondary N) is 1. The van der Waals surface area contributed by atoms with Crippen LogP contribution in [0.2, 0.25) is 0 Å². The molecule has 0 bridgehead atoms. The molecule has 5 N–H and O–H groups in total. The Morgan fingerprint density at radius 1 is 1.50 bits per heavy atom. The van der Waals surface area contributed by atoms with Crippen LogP contribution < -0.4 is 16.8 Å². The minimum absolute atomic E-state index is 0.0944. The molecule has 0 radical (unpaired) electrons. The molecule has 1 unspecified atom stereocenters. The molecule has 0 aliphatic heterocycles. The number of amides is 2. The van der Waals surface area contributed by atoms with Gasteiger partial charge in [-0.2, -0.15) is 0 Å². The Hall–Kier alpha value is -1.17. The highest BCUT2D eigenvalue weighted by Crippen LogP contribution is 1.93. The van der Waals surface area contributed by atoms with Gasteiger partial charge in [0.1, 0.15) is 0 Å². The van der Waals surface area contributed by atoms with Crippen LogP contribution in [0.5, 0.6) is 0 Å². The standard InChI is InChI=1S/C6H11N3O2S/c1-3(5(8)12)6(11)9-2-4(7)10/h3H,2H2,1H3,(H2,7,10)(H2,8,12)(H,9,11). The topological polar surface area (TPSA) is 98.2 Å². The van der Waals surface area contributed by atoms with E-state index in [1.807, 2.05) is 0 Å². The first-order valence-corrected chi connectivity index (χ1v) is 3.71. The summed E-state index contributed by atoms with van der Waals surface area (Å²) < 4.78 is 0. The van der Waals surface area contributed by atoms with Gasteiger partial charge >= 0.3 is 0 Å². The van der Waals surface area contributed by atoms with E-state index in [-0.39, 0.29) is 17.4 Å². The van der Waals surface area contributed by atoms with E-state index < -0.39 is 11.8 Å². The Bertz CT molecular complexity index is 217. The molecule has 0 aromatic carbocycles. The van der Waals surface area contributed by atoms with Crippen molar-refractivity contribution in [2.45, 2.75) is 6.92 Å². The highest BCUT2D eigenvalue weighted by Gasteiger charge is 2.14. The molecule has 0 saturated carbocycles. The summed E-state index contributed by atoms with van der Waals surface area (Å²) in [4.78, 5) is 21.3. The van der Waals surface area contributed by atoms with Gasteiger partial charge in [-0.3, -0.25) is 9.59 Å². The number of carbonyl (C=O) groups excluding carboxylic acids is 2. The lowest BCUT2D eigenvalue weighted by Crippen LogP contribution is -2.40. The zero-order chi connectivity index (χ0) is 9.72. The Morgan fingerprint density at radius 3 is 2.33 bits per heavy atom. The van der Waals surface area contributed by atoms with E-state index in [0.717, 1.165) is 0 Å². The summed E-state index contributed by atoms with van der Waals surface area (Å²) in [6.07, 6.45) is 0. The first-order valence-electron chi connectivity index (χ1n) is 3.30. The normalized spacial score (nSPS) is 11.8. The quantitative estimate of drug-likeness (QED) is 0.469. The first kappa shape index (κ1) is 10.8. The van der Waals surface area contributed by atoms with Crippen LogP contribution in [0.1, 0.15) is 6.92 Å². The summed E-state index contributed by atoms with van der Waals surface area (Å²) in [5.41, 5.74) is 10.00. The summed E-state index contributed by atoms with van der Waals surface area (Å²) in [6.45, 7) is 1.37. The number of hydrogen-bond donors (Lipinski definition) is 3. The summed E-state index contributed by atoms with van der Waals surface area (Å²) in [6, 6.07) is 0. The van der Waals surface area contributed by atoms with Crippen molar-refractivity contribution in [2.75, 3.05) is 6.54 Å². The second-order valence-corrected chi connectivity index (χ2v) is 2.78. The number of thiocarbonyl (C=S) groups is 1. The maximum atomic E-state index is 11.0. The summed E-state index contributed by atoms with van der Waals surface area (Å²) >= 11 is 4.58. The van der Waals surface area contributed by atoms with Gasteiger partial charge in [0.05, 0.1) is 17.5 Å². The predicted molar refractivity (Wildman–Crippen MR) is 48.2 cm³/mol. The Labute approximate surface area is 75.5 Å². The summed E-state index contributed by atoms with van der Waals surface area (Å²) in [7, 11) is 0. The minimum Gasteiger partial charge on any atom is -0.393 e. The second kappa shape index (κ2) is 4.66. The molecule has 2 amide bonds. The Kier molecular flexibility index (Phi) is 4.20. The third-order valence-electron chi connectivity index (χ3n) is 1.26. The molecule has 0 aliphatic rings. The van der Waals surface area contributed by atoms with Crippen molar-refractivity contribution < 1.29 is 9.59 Å². The van der Waals surface area contributed by atoms with Crippen molar-refractivity contribution in [1.29, 1.82) is 0 Å². The van der Waals surface area contributed by atoms with Crippen LogP contribution in [0.3, 0.4) is 0 Å². The molecule has 12 heavy (non-hydrogen) atoms. The van der Waals surface area contributed by atoms with Gasteiger partial charge in [-0.05, 0) is 6.92 Å². The van der Waals surface area contributed by atoms with Crippen LogP contribution in [0.15, 0.2) is 0 Å². The average molecular weight is 189 g/mol. The third-order valence-corrected chi connectivity index (χ3v) is 1.61. The van der Waals surface area contributed by atoms with Gasteiger partial charge in [0.25, 0.3) is 0 Å². The molecule has 6 heteroatoms. The van der Waals surface area contributed by atoms with Crippen molar-refractivity contribution in [3.63, 3.8) is 0 Å². The van der Waals surface area contributed by atoms with Crippen LogP contribution in [-0.4, -0.2) is 23.3 Å². The van der Waals surface area contributed by atoms with Gasteiger partial charge in [-0.1, -0.05) is 12.2 Å². The fourth-order valence-corrected chi connectivity index (χ4v) is 0.564. The van der Waals surface area contributed by atoms with Crippen LogP contribution in [0.25, 0.3) is 0 Å². The van der Waals surface area contributed by atoms with Crippen LogP contribution in [0, 0.1) is 5.92 Å². The van der Waals surface area contributed by atoms with Crippen molar-refractivity contribution >= 4 is 29.0 Å². The van der Waals surface area contributed by atoms with Gasteiger partial charge in [0, 0.05) is 0 Å². The zero-order valence-electron chi connectivity index (χ0n) is 6.66. The molecule has 0 aromatic heterocycles. The van der Waals surface area contributed by atoms with E-state index in [1.165, 1.54) is 0 Å². The molecule has 0 spiro atoms. The van der Waals surface area contributed by atoms with Crippen LogP contribution in [-0.2, 0) is 9.59 Å². The van der Waals surface area contributed by atoms with Crippen LogP contribution >= 0.6 is 12.2 Å². The van der Waals surface area contributed by atoms with Gasteiger partial charge in [0.2, 0.25) is 11.8 Å². The van der Waals surface area contributed by atoms with Gasteiger partial charge < -0.3 is 16.8 Å². The van der Waals surface area contributed by atoms with Gasteiger partial charge in [-0.15, -0.1) is 0 Å². The lowest BCUT2D eigenvalue weighted by atomic mass is 10.2. The molecular formula is C6H11N3O2S. The molecule has 0 rings (SSSR count). The third kappa shape index (κ3) is 3.87. The summed E-state index contributed by atoms with van der Waals surface area (Å²) in [5, 5.41) is 2.28. The summed E-state index contributed by atoms with van der Waals surface area (Å²) in [5.74, 6) is -1.56. The Balaban J connectivity index is 3.88. The predicted octanol–water partition coefficient (Wildman–Crippen LogP) is -1.49. The minimum atomic E-state index is -0.599. The lowest BCUT2D eigenvalue weighted by Gasteiger charge is -2.08. The Morgan fingerprint density at radius 2 is 2.00 bits per heavy atom. The monoisotopic (exact) mass is 189 g/mol. The van der Waals surface area contributed by atoms with E-state index >= 15 is 0 Å². The van der Waals surface area contributed by atoms with E-state index in [2.05, 4.69) is 17.5 Å².